The van der Waals surface area contributed by atoms with Crippen molar-refractivity contribution in [1.29, 1.82) is 0 Å². The smallest absolute Gasteiger partial charge is 0.254 e. The number of fused-ring (bicyclic) bond motifs is 2. The highest BCUT2D eigenvalue weighted by atomic mass is 35.5. The number of carbonyl (C=O) groups is 2. The first kappa shape index (κ1) is 24.9. The van der Waals surface area contributed by atoms with Gasteiger partial charge in [0.25, 0.3) is 5.91 Å². The Balaban J connectivity index is 0.00000160. The Morgan fingerprint density at radius 1 is 1.07 bits per heavy atom. The molecule has 1 aromatic rings. The van der Waals surface area contributed by atoms with E-state index < -0.39 is 11.7 Å². The molecule has 2 amide bonds. The van der Waals surface area contributed by atoms with Crippen molar-refractivity contribution in [1.82, 2.24) is 15.1 Å². The molecule has 0 aromatic heterocycles. The Hall–Kier alpha value is -1.41. The molecule has 2 saturated carbocycles. The van der Waals surface area contributed by atoms with Crippen LogP contribution in [-0.4, -0.2) is 66.9 Å². The molecule has 3 N–H and O–H groups in total. The lowest BCUT2D eigenvalue weighted by Gasteiger charge is -2.38. The number of rotatable bonds is 5. The van der Waals surface area contributed by atoms with Gasteiger partial charge < -0.3 is 16.0 Å². The third kappa shape index (κ3) is 5.07. The topological polar surface area (TPSA) is 78.7 Å². The Morgan fingerprint density at radius 2 is 1.73 bits per heavy atom. The highest BCUT2D eigenvalue weighted by Gasteiger charge is 2.50. The van der Waals surface area contributed by atoms with Gasteiger partial charge in [-0.15, -0.1) is 24.8 Å². The molecule has 3 fully saturated rings. The van der Waals surface area contributed by atoms with E-state index in [4.69, 9.17) is 5.73 Å². The highest BCUT2D eigenvalue weighted by Crippen LogP contribution is 2.48. The largest absolute Gasteiger partial charge is 0.351 e. The molecular weight excluding hydrogens is 430 g/mol. The second-order valence-corrected chi connectivity index (χ2v) is 8.34. The second kappa shape index (κ2) is 10.8. The number of nitrogens with zero attached hydrogens (tertiary/aromatic N) is 2. The molecule has 1 aliphatic heterocycles. The van der Waals surface area contributed by atoms with E-state index in [1.54, 1.807) is 12.1 Å². The van der Waals surface area contributed by atoms with Crippen LogP contribution in [-0.2, 0) is 4.79 Å². The van der Waals surface area contributed by atoms with E-state index in [0.717, 1.165) is 25.9 Å². The molecule has 9 heteroatoms. The molecule has 0 spiro atoms. The summed E-state index contributed by atoms with van der Waals surface area (Å²) in [6, 6.07) is 6.02. The van der Waals surface area contributed by atoms with Gasteiger partial charge in [0.05, 0.1) is 11.5 Å². The van der Waals surface area contributed by atoms with Crippen molar-refractivity contribution in [3.63, 3.8) is 0 Å². The Labute approximate surface area is 189 Å². The van der Waals surface area contributed by atoms with Crippen molar-refractivity contribution in [3.8, 4) is 0 Å². The lowest BCUT2D eigenvalue weighted by molar-refractivity contribution is -0.139. The Bertz CT molecular complexity index is 743. The predicted octanol–water partition coefficient (Wildman–Crippen LogP) is 1.92. The van der Waals surface area contributed by atoms with Gasteiger partial charge in [-0.25, -0.2) is 4.39 Å². The molecule has 1 saturated heterocycles. The maximum Gasteiger partial charge on any atom is 0.254 e. The number of carbonyl (C=O) groups excluding carboxylic acids is 2. The molecule has 4 unspecified atom stereocenters. The van der Waals surface area contributed by atoms with E-state index in [0.29, 0.717) is 38.0 Å². The predicted molar refractivity (Wildman–Crippen MR) is 119 cm³/mol. The summed E-state index contributed by atoms with van der Waals surface area (Å²) in [6.07, 6.45) is 3.46. The molecule has 30 heavy (non-hydrogen) atoms. The van der Waals surface area contributed by atoms with Crippen LogP contribution in [0.2, 0.25) is 0 Å². The van der Waals surface area contributed by atoms with Crippen LogP contribution in [0.5, 0.6) is 0 Å². The summed E-state index contributed by atoms with van der Waals surface area (Å²) in [6.45, 7) is 4.14. The maximum absolute atomic E-state index is 13.6. The lowest BCUT2D eigenvalue weighted by atomic mass is 9.84. The lowest BCUT2D eigenvalue weighted by Crippen LogP contribution is -2.54. The first-order valence-electron chi connectivity index (χ1n) is 10.3. The van der Waals surface area contributed by atoms with E-state index in [-0.39, 0.29) is 48.2 Å². The Morgan fingerprint density at radius 3 is 2.37 bits per heavy atom. The maximum atomic E-state index is 13.6. The molecule has 6 nitrogen and oxygen atoms in total. The number of nitrogens with two attached hydrogens (primary N) is 1. The van der Waals surface area contributed by atoms with Gasteiger partial charge in [-0.05, 0) is 43.2 Å². The number of benzene rings is 1. The fourth-order valence-electron chi connectivity index (χ4n) is 5.17. The molecule has 2 bridgehead atoms. The van der Waals surface area contributed by atoms with Crippen molar-refractivity contribution in [2.75, 3.05) is 39.3 Å². The van der Waals surface area contributed by atoms with Gasteiger partial charge in [-0.1, -0.05) is 12.1 Å². The van der Waals surface area contributed by atoms with Crippen molar-refractivity contribution in [3.05, 3.63) is 35.6 Å². The third-order valence-electron chi connectivity index (χ3n) is 6.78. The summed E-state index contributed by atoms with van der Waals surface area (Å²) in [7, 11) is 0. The first-order chi connectivity index (χ1) is 13.5. The highest BCUT2D eigenvalue weighted by molar-refractivity contribution is 5.94. The van der Waals surface area contributed by atoms with Gasteiger partial charge in [0.15, 0.2) is 0 Å². The van der Waals surface area contributed by atoms with E-state index >= 15 is 0 Å². The summed E-state index contributed by atoms with van der Waals surface area (Å²) in [5, 5.41) is 2.77. The minimum Gasteiger partial charge on any atom is -0.351 e. The van der Waals surface area contributed by atoms with Crippen molar-refractivity contribution >= 4 is 36.6 Å². The molecule has 168 valence electrons. The van der Waals surface area contributed by atoms with Gasteiger partial charge in [-0.3, -0.25) is 14.5 Å². The summed E-state index contributed by atoms with van der Waals surface area (Å²) in [5.74, 6) is 0.387. The number of hydrogen-bond donors (Lipinski definition) is 2. The molecular formula is C21H31Cl2FN4O2. The summed E-state index contributed by atoms with van der Waals surface area (Å²) in [4.78, 5) is 29.2. The first-order valence-corrected chi connectivity index (χ1v) is 10.3. The van der Waals surface area contributed by atoms with Crippen LogP contribution >= 0.6 is 24.8 Å². The van der Waals surface area contributed by atoms with Crippen molar-refractivity contribution < 1.29 is 14.0 Å². The summed E-state index contributed by atoms with van der Waals surface area (Å²) in [5.41, 5.74) is 6.40. The third-order valence-corrected chi connectivity index (χ3v) is 6.78. The van der Waals surface area contributed by atoms with E-state index in [9.17, 15) is 14.0 Å². The standard InChI is InChI=1S/C21H29FN4O2.2ClH/c22-17-4-2-1-3-16(17)20(27)24-7-8-25-9-11-26(12-10-25)21(28)18-14-5-6-15(13-14)19(18)23;;/h1-4,14-15,18-19H,5-13,23H2,(H,24,27);2*1H. The average Bonchev–Trinajstić information content (AvgIpc) is 3.29. The zero-order valence-corrected chi connectivity index (χ0v) is 18.6. The normalized spacial score (nSPS) is 27.9. The van der Waals surface area contributed by atoms with Crippen LogP contribution in [0.25, 0.3) is 0 Å². The average molecular weight is 461 g/mol. The number of nitrogens with one attached hydrogen (secondary N) is 1. The van der Waals surface area contributed by atoms with E-state index in [1.165, 1.54) is 18.6 Å². The van der Waals surface area contributed by atoms with Crippen LogP contribution in [0, 0.1) is 23.6 Å². The number of halogens is 3. The minimum atomic E-state index is -0.508. The van der Waals surface area contributed by atoms with Crippen molar-refractivity contribution in [2.24, 2.45) is 23.5 Å². The fourth-order valence-corrected chi connectivity index (χ4v) is 5.17. The van der Waals surface area contributed by atoms with Gasteiger partial charge in [0.1, 0.15) is 5.82 Å². The zero-order chi connectivity index (χ0) is 19.7. The molecule has 1 heterocycles. The molecule has 4 rings (SSSR count). The SMILES string of the molecule is Cl.Cl.NC1C2CCC(C2)C1C(=O)N1CCN(CCNC(=O)c2ccccc2F)CC1. The minimum absolute atomic E-state index is 0. The van der Waals surface area contributed by atoms with Crippen LogP contribution in [0.4, 0.5) is 4.39 Å². The van der Waals surface area contributed by atoms with E-state index in [1.807, 2.05) is 4.90 Å². The second-order valence-electron chi connectivity index (χ2n) is 8.34. The van der Waals surface area contributed by atoms with Gasteiger partial charge in [0.2, 0.25) is 5.91 Å². The monoisotopic (exact) mass is 460 g/mol. The molecule has 0 radical (unpaired) electrons. The van der Waals surface area contributed by atoms with Crippen molar-refractivity contribution in [2.45, 2.75) is 25.3 Å². The summed E-state index contributed by atoms with van der Waals surface area (Å²) < 4.78 is 13.6. The quantitative estimate of drug-likeness (QED) is 0.703. The zero-order valence-electron chi connectivity index (χ0n) is 17.0. The summed E-state index contributed by atoms with van der Waals surface area (Å²) >= 11 is 0. The van der Waals surface area contributed by atoms with E-state index in [2.05, 4.69) is 10.2 Å². The Kier molecular flexibility index (Phi) is 8.91. The van der Waals surface area contributed by atoms with Gasteiger partial charge in [0, 0.05) is 45.3 Å². The number of amides is 2. The number of piperazine rings is 1. The van der Waals surface area contributed by atoms with Crippen LogP contribution in [0.3, 0.4) is 0 Å². The molecule has 4 atom stereocenters. The van der Waals surface area contributed by atoms with Crippen LogP contribution in [0.1, 0.15) is 29.6 Å². The fraction of sp³-hybridized carbons (Fsp3) is 0.619. The molecule has 3 aliphatic rings. The molecule has 1 aromatic carbocycles. The van der Waals surface area contributed by atoms with Gasteiger partial charge >= 0.3 is 0 Å². The molecule has 2 aliphatic carbocycles. The van der Waals surface area contributed by atoms with Crippen LogP contribution in [0.15, 0.2) is 24.3 Å². The van der Waals surface area contributed by atoms with Gasteiger partial charge in [-0.2, -0.15) is 0 Å². The van der Waals surface area contributed by atoms with Crippen LogP contribution < -0.4 is 11.1 Å². The number of hydrogen-bond acceptors (Lipinski definition) is 4.